The van der Waals surface area contributed by atoms with Crippen molar-refractivity contribution in [1.82, 2.24) is 5.01 Å². The van der Waals surface area contributed by atoms with Crippen molar-refractivity contribution in [3.8, 4) is 0 Å². The predicted octanol–water partition coefficient (Wildman–Crippen LogP) is 2.92. The number of allylic oxidation sites excluding steroid dienone is 4. The topological polar surface area (TPSA) is 15.6 Å². The molecule has 0 amide bonds. The van der Waals surface area contributed by atoms with Gasteiger partial charge in [-0.25, -0.2) is 5.01 Å². The molecule has 0 N–H and O–H groups in total. The first-order valence-corrected chi connectivity index (χ1v) is 4.51. The zero-order chi connectivity index (χ0) is 9.84. The van der Waals surface area contributed by atoms with Gasteiger partial charge in [0.1, 0.15) is 0 Å². The monoisotopic (exact) mass is 176 g/mol. The average Bonchev–Trinajstić information content (AvgIpc) is 2.16. The largest absolute Gasteiger partial charge is 0.242 e. The molecule has 0 spiro atoms. The van der Waals surface area contributed by atoms with Gasteiger partial charge < -0.3 is 0 Å². The summed E-state index contributed by atoms with van der Waals surface area (Å²) in [5, 5.41) is 5.72. The number of hydrazone groups is 1. The lowest BCUT2D eigenvalue weighted by Crippen LogP contribution is -2.12. The summed E-state index contributed by atoms with van der Waals surface area (Å²) in [6.45, 7) is 9.85. The highest BCUT2D eigenvalue weighted by Gasteiger charge is 2.09. The Labute approximate surface area is 79.9 Å². The first-order chi connectivity index (χ1) is 6.19. The van der Waals surface area contributed by atoms with Crippen molar-refractivity contribution in [2.24, 2.45) is 11.0 Å². The standard InChI is InChI=1S/C11H16N2/c1-5-11-7-6-10(9(2)3)8-13(11)12-4/h5-9H,4H2,1-3H3/b11-5-. The maximum Gasteiger partial charge on any atom is 0.0602 e. The second kappa shape index (κ2) is 4.08. The van der Waals surface area contributed by atoms with Gasteiger partial charge in [-0.2, -0.15) is 5.10 Å². The lowest BCUT2D eigenvalue weighted by Gasteiger charge is -2.21. The van der Waals surface area contributed by atoms with E-state index < -0.39 is 0 Å². The summed E-state index contributed by atoms with van der Waals surface area (Å²) < 4.78 is 0. The SMILES string of the molecule is C=NN1C=C(C(C)C)C=C/C1=C/C. The van der Waals surface area contributed by atoms with E-state index in [1.165, 1.54) is 5.57 Å². The Hall–Kier alpha value is -1.31. The highest BCUT2D eigenvalue weighted by molar-refractivity contribution is 5.36. The van der Waals surface area contributed by atoms with E-state index in [0.717, 1.165) is 5.70 Å². The van der Waals surface area contributed by atoms with Crippen LogP contribution in [0.5, 0.6) is 0 Å². The van der Waals surface area contributed by atoms with Crippen LogP contribution in [0.15, 0.2) is 40.8 Å². The van der Waals surface area contributed by atoms with Gasteiger partial charge in [0.05, 0.1) is 5.70 Å². The molecule has 0 atom stereocenters. The highest BCUT2D eigenvalue weighted by Crippen LogP contribution is 2.21. The van der Waals surface area contributed by atoms with Gasteiger partial charge in [0.2, 0.25) is 0 Å². The smallest absolute Gasteiger partial charge is 0.0602 e. The molecule has 0 radical (unpaired) electrons. The van der Waals surface area contributed by atoms with Crippen LogP contribution in [0.4, 0.5) is 0 Å². The summed E-state index contributed by atoms with van der Waals surface area (Å²) in [5.74, 6) is 0.527. The second-order valence-electron chi connectivity index (χ2n) is 3.32. The molecule has 0 aromatic rings. The van der Waals surface area contributed by atoms with Crippen LogP contribution < -0.4 is 0 Å². The molecule has 1 heterocycles. The molecule has 13 heavy (non-hydrogen) atoms. The van der Waals surface area contributed by atoms with Gasteiger partial charge in [0, 0.05) is 12.9 Å². The highest BCUT2D eigenvalue weighted by atomic mass is 15.4. The van der Waals surface area contributed by atoms with E-state index in [-0.39, 0.29) is 0 Å². The summed E-state index contributed by atoms with van der Waals surface area (Å²) in [5.41, 5.74) is 2.34. The number of nitrogens with zero attached hydrogens (tertiary/aromatic N) is 2. The summed E-state index contributed by atoms with van der Waals surface area (Å²) in [7, 11) is 0. The van der Waals surface area contributed by atoms with E-state index in [9.17, 15) is 0 Å². The third kappa shape index (κ3) is 2.08. The van der Waals surface area contributed by atoms with Crippen molar-refractivity contribution in [3.05, 3.63) is 35.7 Å². The minimum atomic E-state index is 0.527. The van der Waals surface area contributed by atoms with Crippen LogP contribution in [-0.4, -0.2) is 11.7 Å². The molecule has 0 aromatic heterocycles. The van der Waals surface area contributed by atoms with Gasteiger partial charge in [0.15, 0.2) is 0 Å². The Bertz CT molecular complexity index is 282. The van der Waals surface area contributed by atoms with E-state index in [0.29, 0.717) is 5.92 Å². The van der Waals surface area contributed by atoms with E-state index in [4.69, 9.17) is 0 Å². The molecule has 2 nitrogen and oxygen atoms in total. The first kappa shape index (κ1) is 9.78. The fourth-order valence-corrected chi connectivity index (χ4v) is 1.21. The van der Waals surface area contributed by atoms with Crippen LogP contribution in [0.3, 0.4) is 0 Å². The quantitative estimate of drug-likeness (QED) is 0.591. The molecule has 1 aliphatic rings. The molecule has 0 fully saturated rings. The van der Waals surface area contributed by atoms with Crippen molar-refractivity contribution in [2.45, 2.75) is 20.8 Å². The average molecular weight is 176 g/mol. The normalized spacial score (nSPS) is 19.5. The van der Waals surface area contributed by atoms with Gasteiger partial charge in [-0.05, 0) is 24.5 Å². The Morgan fingerprint density at radius 3 is 2.62 bits per heavy atom. The van der Waals surface area contributed by atoms with Crippen LogP contribution in [0.1, 0.15) is 20.8 Å². The predicted molar refractivity (Wildman–Crippen MR) is 57.2 cm³/mol. The fraction of sp³-hybridized carbons (Fsp3) is 0.364. The minimum Gasteiger partial charge on any atom is -0.242 e. The van der Waals surface area contributed by atoms with Gasteiger partial charge in [0.25, 0.3) is 0 Å². The fourth-order valence-electron chi connectivity index (χ4n) is 1.21. The Balaban J connectivity index is 2.93. The van der Waals surface area contributed by atoms with E-state index in [1.54, 1.807) is 5.01 Å². The third-order valence-electron chi connectivity index (χ3n) is 2.10. The zero-order valence-corrected chi connectivity index (χ0v) is 8.49. The molecule has 0 aliphatic carbocycles. The molecule has 1 aliphatic heterocycles. The van der Waals surface area contributed by atoms with Crippen molar-refractivity contribution < 1.29 is 0 Å². The van der Waals surface area contributed by atoms with Crippen molar-refractivity contribution in [1.29, 1.82) is 0 Å². The second-order valence-corrected chi connectivity index (χ2v) is 3.32. The van der Waals surface area contributed by atoms with Crippen molar-refractivity contribution >= 4 is 6.72 Å². The van der Waals surface area contributed by atoms with Crippen LogP contribution in [-0.2, 0) is 0 Å². The number of hydrogen-bond donors (Lipinski definition) is 0. The number of hydrogen-bond acceptors (Lipinski definition) is 2. The van der Waals surface area contributed by atoms with Crippen LogP contribution in [0, 0.1) is 5.92 Å². The van der Waals surface area contributed by atoms with Crippen LogP contribution in [0.2, 0.25) is 0 Å². The molecule has 1 rings (SSSR count). The van der Waals surface area contributed by atoms with Gasteiger partial charge in [-0.3, -0.25) is 0 Å². The summed E-state index contributed by atoms with van der Waals surface area (Å²) in [6, 6.07) is 0. The van der Waals surface area contributed by atoms with Crippen LogP contribution in [0.25, 0.3) is 0 Å². The third-order valence-corrected chi connectivity index (χ3v) is 2.10. The summed E-state index contributed by atoms with van der Waals surface area (Å²) in [6.07, 6.45) is 8.22. The molecule has 0 saturated carbocycles. The lowest BCUT2D eigenvalue weighted by atomic mass is 10.0. The van der Waals surface area contributed by atoms with Gasteiger partial charge >= 0.3 is 0 Å². The molecule has 0 aromatic carbocycles. The molecular weight excluding hydrogens is 160 g/mol. The maximum atomic E-state index is 3.92. The van der Waals surface area contributed by atoms with Gasteiger partial charge in [-0.1, -0.05) is 26.0 Å². The summed E-state index contributed by atoms with van der Waals surface area (Å²) >= 11 is 0. The van der Waals surface area contributed by atoms with E-state index in [1.807, 2.05) is 19.2 Å². The summed E-state index contributed by atoms with van der Waals surface area (Å²) in [4.78, 5) is 0. The van der Waals surface area contributed by atoms with E-state index in [2.05, 4.69) is 37.8 Å². The Kier molecular flexibility index (Phi) is 3.07. The van der Waals surface area contributed by atoms with Crippen molar-refractivity contribution in [3.63, 3.8) is 0 Å². The lowest BCUT2D eigenvalue weighted by molar-refractivity contribution is 0.501. The molecule has 0 unspecified atom stereocenters. The molecule has 0 bridgehead atoms. The Morgan fingerprint density at radius 1 is 1.46 bits per heavy atom. The Morgan fingerprint density at radius 2 is 2.15 bits per heavy atom. The molecule has 70 valence electrons. The van der Waals surface area contributed by atoms with Gasteiger partial charge in [-0.15, -0.1) is 0 Å². The van der Waals surface area contributed by atoms with E-state index >= 15 is 0 Å². The first-order valence-electron chi connectivity index (χ1n) is 4.51. The maximum absolute atomic E-state index is 3.92. The number of rotatable bonds is 2. The minimum absolute atomic E-state index is 0.527. The zero-order valence-electron chi connectivity index (χ0n) is 8.49. The van der Waals surface area contributed by atoms with Crippen molar-refractivity contribution in [2.75, 3.05) is 0 Å². The van der Waals surface area contributed by atoms with Crippen LogP contribution >= 0.6 is 0 Å². The molecular formula is C11H16N2. The molecule has 0 saturated heterocycles. The molecule has 2 heteroatoms.